The molecule has 2 amide bonds. The SMILES string of the molecule is O=C(NCc1ccc(N2CCC(O)CC2)nc1)c1cc(NC(=O)c2cc(F)c(F)cc2Cl)[nH]n1. The van der Waals surface area contributed by atoms with Crippen molar-refractivity contribution in [1.82, 2.24) is 20.5 Å². The predicted molar refractivity (Wildman–Crippen MR) is 121 cm³/mol. The molecule has 1 saturated heterocycles. The van der Waals surface area contributed by atoms with Gasteiger partial charge in [-0.25, -0.2) is 13.8 Å². The van der Waals surface area contributed by atoms with Crippen molar-refractivity contribution in [2.45, 2.75) is 25.5 Å². The number of benzene rings is 1. The minimum Gasteiger partial charge on any atom is -0.393 e. The summed E-state index contributed by atoms with van der Waals surface area (Å²) in [4.78, 5) is 31.2. The number of nitrogens with zero attached hydrogens (tertiary/aromatic N) is 3. The molecule has 0 radical (unpaired) electrons. The first kappa shape index (κ1) is 23.6. The van der Waals surface area contributed by atoms with Crippen LogP contribution in [0.25, 0.3) is 0 Å². The molecule has 12 heteroatoms. The molecule has 9 nitrogen and oxygen atoms in total. The number of amides is 2. The van der Waals surface area contributed by atoms with Crippen molar-refractivity contribution in [2.75, 3.05) is 23.3 Å². The lowest BCUT2D eigenvalue weighted by Crippen LogP contribution is -2.36. The van der Waals surface area contributed by atoms with E-state index in [1.165, 1.54) is 6.07 Å². The highest BCUT2D eigenvalue weighted by Crippen LogP contribution is 2.21. The first-order chi connectivity index (χ1) is 16.3. The minimum absolute atomic E-state index is 0.0168. The van der Waals surface area contributed by atoms with E-state index < -0.39 is 23.4 Å². The van der Waals surface area contributed by atoms with Gasteiger partial charge in [0, 0.05) is 31.9 Å². The standard InChI is InChI=1S/C22H21ClF2N6O3/c23-15-8-17(25)16(24)7-14(15)21(33)28-19-9-18(29-30-19)22(34)27-11-12-1-2-20(26-10-12)31-5-3-13(32)4-6-31/h1-2,7-10,13,32H,3-6,11H2,(H,27,34)(H2,28,29,30,33). The van der Waals surface area contributed by atoms with Crippen LogP contribution >= 0.6 is 11.6 Å². The van der Waals surface area contributed by atoms with Gasteiger partial charge in [0.1, 0.15) is 11.6 Å². The molecule has 0 unspecified atom stereocenters. The maximum Gasteiger partial charge on any atom is 0.272 e. The quantitative estimate of drug-likeness (QED) is 0.394. The van der Waals surface area contributed by atoms with Crippen LogP contribution in [0.5, 0.6) is 0 Å². The van der Waals surface area contributed by atoms with Crippen LogP contribution < -0.4 is 15.5 Å². The molecule has 0 spiro atoms. The minimum atomic E-state index is -1.21. The maximum atomic E-state index is 13.4. The zero-order valence-electron chi connectivity index (χ0n) is 17.8. The van der Waals surface area contributed by atoms with E-state index in [0.717, 1.165) is 24.5 Å². The lowest BCUT2D eigenvalue weighted by molar-refractivity contribution is 0.0945. The molecule has 4 rings (SSSR count). The van der Waals surface area contributed by atoms with E-state index in [1.54, 1.807) is 6.20 Å². The number of hydrogen-bond donors (Lipinski definition) is 4. The highest BCUT2D eigenvalue weighted by Gasteiger charge is 2.19. The molecule has 0 aliphatic carbocycles. The predicted octanol–water partition coefficient (Wildman–Crippen LogP) is 2.88. The third-order valence-electron chi connectivity index (χ3n) is 5.36. The Bertz CT molecular complexity index is 1200. The van der Waals surface area contributed by atoms with E-state index >= 15 is 0 Å². The van der Waals surface area contributed by atoms with E-state index in [1.807, 2.05) is 12.1 Å². The smallest absolute Gasteiger partial charge is 0.272 e. The Balaban J connectivity index is 1.31. The highest BCUT2D eigenvalue weighted by atomic mass is 35.5. The van der Waals surface area contributed by atoms with E-state index in [-0.39, 0.29) is 34.7 Å². The topological polar surface area (TPSA) is 123 Å². The van der Waals surface area contributed by atoms with Gasteiger partial charge >= 0.3 is 0 Å². The zero-order valence-corrected chi connectivity index (χ0v) is 18.6. The van der Waals surface area contributed by atoms with Gasteiger partial charge in [-0.2, -0.15) is 5.10 Å². The Morgan fingerprint density at radius 1 is 1.15 bits per heavy atom. The number of anilines is 2. The average Bonchev–Trinajstić information content (AvgIpc) is 3.29. The Hall–Kier alpha value is -3.57. The number of halogens is 3. The second-order valence-electron chi connectivity index (χ2n) is 7.79. The summed E-state index contributed by atoms with van der Waals surface area (Å²) in [5.74, 6) is -2.77. The van der Waals surface area contributed by atoms with Crippen molar-refractivity contribution >= 4 is 35.1 Å². The Labute approximate surface area is 198 Å². The number of aliphatic hydroxyl groups excluding tert-OH is 1. The molecule has 0 atom stereocenters. The number of aliphatic hydroxyl groups is 1. The molecule has 1 aromatic carbocycles. The van der Waals surface area contributed by atoms with Gasteiger partial charge in [-0.1, -0.05) is 17.7 Å². The van der Waals surface area contributed by atoms with Gasteiger partial charge < -0.3 is 20.6 Å². The molecule has 0 bridgehead atoms. The summed E-state index contributed by atoms with van der Waals surface area (Å²) in [5, 5.41) is 20.8. The third kappa shape index (κ3) is 5.49. The lowest BCUT2D eigenvalue weighted by Gasteiger charge is -2.30. The zero-order chi connectivity index (χ0) is 24.2. The van der Waals surface area contributed by atoms with Crippen LogP contribution in [0.4, 0.5) is 20.4 Å². The van der Waals surface area contributed by atoms with Crippen LogP contribution in [-0.4, -0.2) is 51.3 Å². The van der Waals surface area contributed by atoms with Crippen molar-refractivity contribution in [3.63, 3.8) is 0 Å². The van der Waals surface area contributed by atoms with Crippen LogP contribution in [0.1, 0.15) is 39.3 Å². The van der Waals surface area contributed by atoms with Gasteiger partial charge in [-0.05, 0) is 36.6 Å². The van der Waals surface area contributed by atoms with Crippen LogP contribution in [0.3, 0.4) is 0 Å². The fourth-order valence-corrected chi connectivity index (χ4v) is 3.70. The molecule has 1 aliphatic heterocycles. The molecule has 3 heterocycles. The van der Waals surface area contributed by atoms with E-state index in [4.69, 9.17) is 11.6 Å². The van der Waals surface area contributed by atoms with Gasteiger partial charge in [0.25, 0.3) is 11.8 Å². The van der Waals surface area contributed by atoms with Gasteiger partial charge in [-0.3, -0.25) is 14.7 Å². The van der Waals surface area contributed by atoms with Crippen LogP contribution in [0.2, 0.25) is 5.02 Å². The fourth-order valence-electron chi connectivity index (χ4n) is 3.46. The Morgan fingerprint density at radius 2 is 1.88 bits per heavy atom. The summed E-state index contributed by atoms with van der Waals surface area (Å²) in [6.45, 7) is 1.69. The number of carbonyl (C=O) groups is 2. The number of pyridine rings is 1. The van der Waals surface area contributed by atoms with E-state index in [9.17, 15) is 23.5 Å². The molecular formula is C22H21ClF2N6O3. The molecule has 4 N–H and O–H groups in total. The van der Waals surface area contributed by atoms with Crippen molar-refractivity contribution < 1.29 is 23.5 Å². The number of H-pyrrole nitrogens is 1. The molecule has 1 fully saturated rings. The number of carbonyl (C=O) groups excluding carboxylic acids is 2. The van der Waals surface area contributed by atoms with Crippen molar-refractivity contribution in [1.29, 1.82) is 0 Å². The first-order valence-corrected chi connectivity index (χ1v) is 10.9. The fraction of sp³-hybridized carbons (Fsp3) is 0.273. The number of rotatable bonds is 6. The summed E-state index contributed by atoms with van der Waals surface area (Å²) in [7, 11) is 0. The largest absolute Gasteiger partial charge is 0.393 e. The summed E-state index contributed by atoms with van der Waals surface area (Å²) < 4.78 is 26.6. The van der Waals surface area contributed by atoms with Crippen LogP contribution in [0, 0.1) is 11.6 Å². The normalized spacial score (nSPS) is 14.2. The number of aromatic nitrogens is 3. The number of aromatic amines is 1. The molecular weight excluding hydrogens is 470 g/mol. The summed E-state index contributed by atoms with van der Waals surface area (Å²) in [6.07, 6.45) is 2.83. The second-order valence-corrected chi connectivity index (χ2v) is 8.20. The summed E-state index contributed by atoms with van der Waals surface area (Å²) in [5.41, 5.74) is 0.534. The molecule has 3 aromatic rings. The van der Waals surface area contributed by atoms with Gasteiger partial charge in [0.2, 0.25) is 0 Å². The maximum absolute atomic E-state index is 13.4. The van der Waals surface area contributed by atoms with Crippen molar-refractivity contribution in [2.24, 2.45) is 0 Å². The molecule has 2 aromatic heterocycles. The van der Waals surface area contributed by atoms with Crippen LogP contribution in [-0.2, 0) is 6.54 Å². The monoisotopic (exact) mass is 490 g/mol. The average molecular weight is 491 g/mol. The number of piperidine rings is 1. The van der Waals surface area contributed by atoms with Gasteiger partial charge in [0.15, 0.2) is 17.3 Å². The van der Waals surface area contributed by atoms with E-state index in [0.29, 0.717) is 25.0 Å². The highest BCUT2D eigenvalue weighted by molar-refractivity contribution is 6.34. The van der Waals surface area contributed by atoms with Gasteiger partial charge in [0.05, 0.1) is 16.7 Å². The Kier molecular flexibility index (Phi) is 7.03. The van der Waals surface area contributed by atoms with Crippen molar-refractivity contribution in [3.8, 4) is 0 Å². The number of nitrogens with one attached hydrogen (secondary N) is 3. The lowest BCUT2D eigenvalue weighted by atomic mass is 10.1. The molecule has 178 valence electrons. The Morgan fingerprint density at radius 3 is 2.59 bits per heavy atom. The molecule has 1 aliphatic rings. The van der Waals surface area contributed by atoms with Gasteiger partial charge in [-0.15, -0.1) is 0 Å². The van der Waals surface area contributed by atoms with E-state index in [2.05, 4.69) is 30.7 Å². The first-order valence-electron chi connectivity index (χ1n) is 10.5. The number of hydrogen-bond acceptors (Lipinski definition) is 6. The third-order valence-corrected chi connectivity index (χ3v) is 5.68. The molecule has 34 heavy (non-hydrogen) atoms. The summed E-state index contributed by atoms with van der Waals surface area (Å²) >= 11 is 5.80. The summed E-state index contributed by atoms with van der Waals surface area (Å²) in [6, 6.07) is 6.41. The van der Waals surface area contributed by atoms with Crippen molar-refractivity contribution in [3.05, 3.63) is 70.0 Å². The molecule has 0 saturated carbocycles. The second kappa shape index (κ2) is 10.1. The van der Waals surface area contributed by atoms with Crippen LogP contribution in [0.15, 0.2) is 36.5 Å².